The second-order valence-corrected chi connectivity index (χ2v) is 5.86. The number of carbonyl (C=O) groups excluding carboxylic acids is 1. The standard InChI is InChI=1S/C19H15N3OS/c23-19(16-10-5-2-6-11-16)22-21-18(15-8-3-1-4-9-15)20-14-17-12-7-13-24-17/h1-14H,(H,22,23)/b20-14?,21-18+. The summed E-state index contributed by atoms with van der Waals surface area (Å²) in [4.78, 5) is 17.6. The number of hydrogen-bond acceptors (Lipinski definition) is 3. The van der Waals surface area contributed by atoms with Crippen molar-refractivity contribution in [2.24, 2.45) is 10.1 Å². The predicted molar refractivity (Wildman–Crippen MR) is 98.8 cm³/mol. The molecule has 1 heterocycles. The molecule has 1 N–H and O–H groups in total. The molecule has 1 amide bonds. The molecule has 0 aliphatic heterocycles. The number of rotatable bonds is 4. The first-order chi connectivity index (χ1) is 11.8. The van der Waals surface area contributed by atoms with Gasteiger partial charge in [-0.3, -0.25) is 4.79 Å². The maximum atomic E-state index is 12.1. The fraction of sp³-hybridized carbons (Fsp3) is 0. The summed E-state index contributed by atoms with van der Waals surface area (Å²) >= 11 is 1.59. The van der Waals surface area contributed by atoms with Crippen LogP contribution in [0.1, 0.15) is 20.8 Å². The molecule has 4 nitrogen and oxygen atoms in total. The Balaban J connectivity index is 1.83. The third kappa shape index (κ3) is 4.24. The van der Waals surface area contributed by atoms with Crippen LogP contribution >= 0.6 is 11.3 Å². The third-order valence-electron chi connectivity index (χ3n) is 3.19. The summed E-state index contributed by atoms with van der Waals surface area (Å²) in [6.45, 7) is 0. The van der Waals surface area contributed by atoms with Crippen LogP contribution in [0.2, 0.25) is 0 Å². The Kier molecular flexibility index (Phi) is 5.27. The van der Waals surface area contributed by atoms with Crippen LogP contribution in [0, 0.1) is 0 Å². The lowest BCUT2D eigenvalue weighted by Gasteiger charge is -2.03. The molecule has 0 unspecified atom stereocenters. The number of aliphatic imine (C=N–C) groups is 1. The van der Waals surface area contributed by atoms with Crippen molar-refractivity contribution in [3.05, 3.63) is 94.2 Å². The topological polar surface area (TPSA) is 53.8 Å². The predicted octanol–water partition coefficient (Wildman–Crippen LogP) is 3.96. The molecule has 118 valence electrons. The van der Waals surface area contributed by atoms with Gasteiger partial charge in [-0.15, -0.1) is 11.3 Å². The summed E-state index contributed by atoms with van der Waals surface area (Å²) in [7, 11) is 0. The minimum absolute atomic E-state index is 0.268. The molecule has 0 fully saturated rings. The third-order valence-corrected chi connectivity index (χ3v) is 4.00. The van der Waals surface area contributed by atoms with Gasteiger partial charge in [0.25, 0.3) is 5.91 Å². The number of nitrogens with zero attached hydrogens (tertiary/aromatic N) is 2. The van der Waals surface area contributed by atoms with Crippen LogP contribution < -0.4 is 5.43 Å². The lowest BCUT2D eigenvalue weighted by Crippen LogP contribution is -2.19. The molecule has 0 atom stereocenters. The number of amidine groups is 1. The van der Waals surface area contributed by atoms with Crippen LogP contribution in [0.15, 0.2) is 88.3 Å². The van der Waals surface area contributed by atoms with Gasteiger partial charge in [-0.1, -0.05) is 54.6 Å². The van der Waals surface area contributed by atoms with Gasteiger partial charge in [-0.2, -0.15) is 5.10 Å². The highest BCUT2D eigenvalue weighted by Gasteiger charge is 2.05. The van der Waals surface area contributed by atoms with Gasteiger partial charge >= 0.3 is 0 Å². The Morgan fingerprint density at radius 1 is 0.875 bits per heavy atom. The molecule has 3 aromatic rings. The average Bonchev–Trinajstić information content (AvgIpc) is 3.16. The fourth-order valence-electron chi connectivity index (χ4n) is 2.00. The normalized spacial score (nSPS) is 11.6. The van der Waals surface area contributed by atoms with E-state index in [0.29, 0.717) is 11.4 Å². The second kappa shape index (κ2) is 7.99. The Morgan fingerprint density at radius 3 is 2.17 bits per heavy atom. The van der Waals surface area contributed by atoms with Gasteiger partial charge in [-0.05, 0) is 23.6 Å². The van der Waals surface area contributed by atoms with Crippen molar-refractivity contribution in [1.82, 2.24) is 5.43 Å². The number of hydrogen-bond donors (Lipinski definition) is 1. The van der Waals surface area contributed by atoms with Gasteiger partial charge in [0.2, 0.25) is 0 Å². The van der Waals surface area contributed by atoms with Crippen molar-refractivity contribution in [3.63, 3.8) is 0 Å². The van der Waals surface area contributed by atoms with Crippen molar-refractivity contribution in [1.29, 1.82) is 0 Å². The quantitative estimate of drug-likeness (QED) is 0.438. The van der Waals surface area contributed by atoms with E-state index in [1.165, 1.54) is 0 Å². The molecule has 24 heavy (non-hydrogen) atoms. The molecule has 1 aromatic heterocycles. The molecule has 5 heteroatoms. The van der Waals surface area contributed by atoms with Crippen LogP contribution in [0.5, 0.6) is 0 Å². The maximum Gasteiger partial charge on any atom is 0.271 e. The van der Waals surface area contributed by atoms with E-state index in [2.05, 4.69) is 15.5 Å². The highest BCUT2D eigenvalue weighted by molar-refractivity contribution is 7.11. The molecule has 0 saturated heterocycles. The van der Waals surface area contributed by atoms with Gasteiger partial charge in [0, 0.05) is 22.2 Å². The molecule has 0 radical (unpaired) electrons. The highest BCUT2D eigenvalue weighted by atomic mass is 32.1. The van der Waals surface area contributed by atoms with E-state index < -0.39 is 0 Å². The molecule has 3 rings (SSSR count). The number of carbonyl (C=O) groups is 1. The zero-order valence-corrected chi connectivity index (χ0v) is 13.6. The number of thiophene rings is 1. The smallest absolute Gasteiger partial charge is 0.267 e. The lowest BCUT2D eigenvalue weighted by atomic mass is 10.2. The van der Waals surface area contributed by atoms with Gasteiger partial charge in [-0.25, -0.2) is 10.4 Å². The summed E-state index contributed by atoms with van der Waals surface area (Å²) in [5, 5.41) is 6.18. The van der Waals surface area contributed by atoms with Crippen molar-refractivity contribution in [2.75, 3.05) is 0 Å². The van der Waals surface area contributed by atoms with Gasteiger partial charge in [0.15, 0.2) is 5.84 Å². The monoisotopic (exact) mass is 333 g/mol. The van der Waals surface area contributed by atoms with E-state index in [9.17, 15) is 4.79 Å². The van der Waals surface area contributed by atoms with Gasteiger partial charge in [0.05, 0.1) is 0 Å². The first-order valence-electron chi connectivity index (χ1n) is 7.39. The van der Waals surface area contributed by atoms with Crippen LogP contribution in [0.25, 0.3) is 0 Å². The minimum atomic E-state index is -0.268. The van der Waals surface area contributed by atoms with Crippen molar-refractivity contribution < 1.29 is 4.79 Å². The molecule has 0 spiro atoms. The molecule has 0 bridgehead atoms. The Morgan fingerprint density at radius 2 is 1.54 bits per heavy atom. The summed E-state index contributed by atoms with van der Waals surface area (Å²) < 4.78 is 0. The Bertz CT molecular complexity index is 841. The minimum Gasteiger partial charge on any atom is -0.267 e. The second-order valence-electron chi connectivity index (χ2n) is 4.88. The van der Waals surface area contributed by atoms with Gasteiger partial charge in [0.1, 0.15) is 0 Å². The molecular weight excluding hydrogens is 318 g/mol. The number of nitrogens with one attached hydrogen (secondary N) is 1. The lowest BCUT2D eigenvalue weighted by molar-refractivity contribution is 0.0955. The molecular formula is C19H15N3OS. The first-order valence-corrected chi connectivity index (χ1v) is 8.27. The SMILES string of the molecule is O=C(N/N=C(/N=Cc1cccs1)c1ccccc1)c1ccccc1. The summed E-state index contributed by atoms with van der Waals surface area (Å²) in [5.41, 5.74) is 3.95. The molecule has 2 aromatic carbocycles. The van der Waals surface area contributed by atoms with Crippen molar-refractivity contribution in [2.45, 2.75) is 0 Å². The van der Waals surface area contributed by atoms with E-state index in [4.69, 9.17) is 0 Å². The van der Waals surface area contributed by atoms with Crippen molar-refractivity contribution in [3.8, 4) is 0 Å². The van der Waals surface area contributed by atoms with Crippen LogP contribution in [-0.4, -0.2) is 18.0 Å². The number of benzene rings is 2. The average molecular weight is 333 g/mol. The molecule has 0 aliphatic carbocycles. The first kappa shape index (κ1) is 15.8. The van der Waals surface area contributed by atoms with E-state index >= 15 is 0 Å². The van der Waals surface area contributed by atoms with E-state index in [0.717, 1.165) is 10.4 Å². The largest absolute Gasteiger partial charge is 0.271 e. The van der Waals surface area contributed by atoms with Crippen LogP contribution in [0.4, 0.5) is 0 Å². The van der Waals surface area contributed by atoms with Crippen LogP contribution in [-0.2, 0) is 0 Å². The van der Waals surface area contributed by atoms with E-state index in [-0.39, 0.29) is 5.91 Å². The summed E-state index contributed by atoms with van der Waals surface area (Å²) in [6.07, 6.45) is 1.74. The molecule has 0 aliphatic rings. The van der Waals surface area contributed by atoms with Gasteiger partial charge < -0.3 is 0 Å². The fourth-order valence-corrected chi connectivity index (χ4v) is 2.59. The Labute approximate surface area is 144 Å². The van der Waals surface area contributed by atoms with E-state index in [1.807, 2.05) is 66.0 Å². The maximum absolute atomic E-state index is 12.1. The Hall–Kier alpha value is -3.05. The van der Waals surface area contributed by atoms with E-state index in [1.54, 1.807) is 29.7 Å². The summed E-state index contributed by atoms with van der Waals surface area (Å²) in [5.74, 6) is 0.184. The zero-order chi connectivity index (χ0) is 16.6. The summed E-state index contributed by atoms with van der Waals surface area (Å²) in [6, 6.07) is 22.4. The zero-order valence-electron chi connectivity index (χ0n) is 12.8. The number of hydrazone groups is 1. The highest BCUT2D eigenvalue weighted by Crippen LogP contribution is 2.07. The molecule has 0 saturated carbocycles. The number of amides is 1. The van der Waals surface area contributed by atoms with Crippen LogP contribution in [0.3, 0.4) is 0 Å². The van der Waals surface area contributed by atoms with Crippen molar-refractivity contribution >= 4 is 29.3 Å².